The minimum Gasteiger partial charge on any atom is -0.383 e. The Balaban J connectivity index is 2.09. The maximum Gasteiger partial charge on any atom is 0.230 e. The van der Waals surface area contributed by atoms with E-state index in [2.05, 4.69) is 0 Å². The molecule has 110 valence electrons. The van der Waals surface area contributed by atoms with Crippen molar-refractivity contribution >= 4 is 15.9 Å². The summed E-state index contributed by atoms with van der Waals surface area (Å²) in [7, 11) is -1.58. The molecular weight excluding hydrogens is 268 g/mol. The number of carbonyl (C=O) groups is 1. The zero-order valence-electron chi connectivity index (χ0n) is 11.6. The van der Waals surface area contributed by atoms with E-state index < -0.39 is 15.4 Å². The predicted octanol–water partition coefficient (Wildman–Crippen LogP) is -0.0931. The maximum absolute atomic E-state index is 12.6. The first-order valence-electron chi connectivity index (χ1n) is 6.62. The molecule has 2 heterocycles. The summed E-state index contributed by atoms with van der Waals surface area (Å²) < 4.78 is 29.7. The molecule has 2 aliphatic rings. The summed E-state index contributed by atoms with van der Waals surface area (Å²) >= 11 is 0. The van der Waals surface area contributed by atoms with Crippen LogP contribution in [0.5, 0.6) is 0 Å². The van der Waals surface area contributed by atoms with Crippen LogP contribution in [0.4, 0.5) is 0 Å². The number of nitrogens with zero attached hydrogens (tertiary/aromatic N) is 2. The molecule has 1 spiro atoms. The first-order valence-corrected chi connectivity index (χ1v) is 8.47. The first kappa shape index (κ1) is 14.7. The lowest BCUT2D eigenvalue weighted by Crippen LogP contribution is -2.51. The van der Waals surface area contributed by atoms with Gasteiger partial charge in [-0.05, 0) is 19.3 Å². The molecule has 6 nitrogen and oxygen atoms in total. The van der Waals surface area contributed by atoms with E-state index >= 15 is 0 Å². The zero-order valence-corrected chi connectivity index (χ0v) is 12.4. The molecule has 2 fully saturated rings. The second kappa shape index (κ2) is 5.38. The molecule has 0 N–H and O–H groups in total. The number of hydrogen-bond donors (Lipinski definition) is 0. The van der Waals surface area contributed by atoms with Gasteiger partial charge in [0.05, 0.1) is 18.3 Å². The maximum atomic E-state index is 12.6. The summed E-state index contributed by atoms with van der Waals surface area (Å²) in [5.41, 5.74) is -0.491. The molecule has 2 aliphatic heterocycles. The highest BCUT2D eigenvalue weighted by Crippen LogP contribution is 2.40. The van der Waals surface area contributed by atoms with Gasteiger partial charge in [0.2, 0.25) is 15.9 Å². The highest BCUT2D eigenvalue weighted by molar-refractivity contribution is 7.88. The van der Waals surface area contributed by atoms with Crippen LogP contribution in [-0.4, -0.2) is 69.7 Å². The summed E-state index contributed by atoms with van der Waals surface area (Å²) in [6.07, 6.45) is 3.58. The van der Waals surface area contributed by atoms with Gasteiger partial charge in [0, 0.05) is 33.3 Å². The van der Waals surface area contributed by atoms with E-state index in [0.29, 0.717) is 32.7 Å². The lowest BCUT2D eigenvalue weighted by atomic mass is 9.78. The summed E-state index contributed by atoms with van der Waals surface area (Å²) in [5, 5.41) is 0. The molecule has 0 aromatic rings. The molecule has 7 heteroatoms. The Morgan fingerprint density at radius 2 is 2.05 bits per heavy atom. The highest BCUT2D eigenvalue weighted by Gasteiger charge is 2.49. The fourth-order valence-electron chi connectivity index (χ4n) is 3.06. The van der Waals surface area contributed by atoms with Crippen LogP contribution in [0.15, 0.2) is 0 Å². The molecule has 0 unspecified atom stereocenters. The number of ether oxygens (including phenoxy) is 1. The quantitative estimate of drug-likeness (QED) is 0.725. The Morgan fingerprint density at radius 3 is 2.63 bits per heavy atom. The molecule has 2 saturated heterocycles. The number of sulfonamides is 1. The summed E-state index contributed by atoms with van der Waals surface area (Å²) in [4.78, 5) is 14.4. The second-order valence-corrected chi connectivity index (χ2v) is 7.50. The summed E-state index contributed by atoms with van der Waals surface area (Å²) in [6.45, 7) is 2.67. The molecular formula is C12H22N2O4S. The Kier molecular flexibility index (Phi) is 4.17. The average Bonchev–Trinajstić information content (AvgIpc) is 2.77. The van der Waals surface area contributed by atoms with Crippen LogP contribution in [0, 0.1) is 5.41 Å². The molecule has 0 aromatic heterocycles. The van der Waals surface area contributed by atoms with Crippen molar-refractivity contribution in [3.63, 3.8) is 0 Å². The van der Waals surface area contributed by atoms with Gasteiger partial charge in [-0.1, -0.05) is 0 Å². The average molecular weight is 290 g/mol. The van der Waals surface area contributed by atoms with E-state index in [-0.39, 0.29) is 5.91 Å². The number of amides is 1. The fraction of sp³-hybridized carbons (Fsp3) is 0.917. The van der Waals surface area contributed by atoms with Crippen molar-refractivity contribution in [3.8, 4) is 0 Å². The highest BCUT2D eigenvalue weighted by atomic mass is 32.2. The largest absolute Gasteiger partial charge is 0.383 e. The van der Waals surface area contributed by atoms with Gasteiger partial charge >= 0.3 is 0 Å². The Bertz CT molecular complexity index is 451. The molecule has 1 amide bonds. The van der Waals surface area contributed by atoms with Crippen LogP contribution < -0.4 is 0 Å². The van der Waals surface area contributed by atoms with E-state index in [1.54, 1.807) is 7.11 Å². The van der Waals surface area contributed by atoms with Gasteiger partial charge in [0.1, 0.15) is 0 Å². The van der Waals surface area contributed by atoms with Crippen LogP contribution in [0.25, 0.3) is 0 Å². The number of carbonyl (C=O) groups excluding carboxylic acids is 1. The third kappa shape index (κ3) is 2.93. The predicted molar refractivity (Wildman–Crippen MR) is 71.2 cm³/mol. The van der Waals surface area contributed by atoms with Crippen molar-refractivity contribution in [2.24, 2.45) is 5.41 Å². The van der Waals surface area contributed by atoms with Gasteiger partial charge in [-0.3, -0.25) is 4.79 Å². The number of rotatable bonds is 4. The molecule has 0 bridgehead atoms. The number of methoxy groups -OCH3 is 1. The summed E-state index contributed by atoms with van der Waals surface area (Å²) in [6, 6.07) is 0. The normalized spacial score (nSPS) is 29.4. The third-order valence-corrected chi connectivity index (χ3v) is 5.43. The first-order chi connectivity index (χ1) is 8.89. The molecule has 0 radical (unpaired) electrons. The number of hydrogen-bond acceptors (Lipinski definition) is 4. The summed E-state index contributed by atoms with van der Waals surface area (Å²) in [5.74, 6) is 0.0990. The molecule has 2 rings (SSSR count). The van der Waals surface area contributed by atoms with Gasteiger partial charge in [0.15, 0.2) is 0 Å². The van der Waals surface area contributed by atoms with Gasteiger partial charge in [-0.2, -0.15) is 0 Å². The minimum atomic E-state index is -3.20. The van der Waals surface area contributed by atoms with Crippen molar-refractivity contribution < 1.29 is 17.9 Å². The number of piperidine rings is 1. The fourth-order valence-corrected chi connectivity index (χ4v) is 3.97. The molecule has 19 heavy (non-hydrogen) atoms. The molecule has 0 aliphatic carbocycles. The van der Waals surface area contributed by atoms with Crippen LogP contribution >= 0.6 is 0 Å². The van der Waals surface area contributed by atoms with Crippen molar-refractivity contribution in [3.05, 3.63) is 0 Å². The SMILES string of the molecule is COCCN1CCC[C@@]2(CCN(S(C)(=O)=O)C2)C1=O. The lowest BCUT2D eigenvalue weighted by Gasteiger charge is -2.39. The van der Waals surface area contributed by atoms with Gasteiger partial charge in [-0.15, -0.1) is 0 Å². The van der Waals surface area contributed by atoms with Gasteiger partial charge < -0.3 is 9.64 Å². The number of likely N-dealkylation sites (tertiary alicyclic amines) is 1. The van der Waals surface area contributed by atoms with Crippen molar-refractivity contribution in [1.29, 1.82) is 0 Å². The van der Waals surface area contributed by atoms with Crippen LogP contribution in [-0.2, 0) is 19.6 Å². The standard InChI is InChI=1S/C12H22N2O4S/c1-18-9-8-13-6-3-4-12(11(13)15)5-7-14(10-12)19(2,16)17/h3-10H2,1-2H3/t12-/m0/s1. The monoisotopic (exact) mass is 290 g/mol. The Labute approximate surface area is 114 Å². The Hall–Kier alpha value is -0.660. The van der Waals surface area contributed by atoms with E-state index in [1.165, 1.54) is 10.6 Å². The van der Waals surface area contributed by atoms with Crippen LogP contribution in [0.1, 0.15) is 19.3 Å². The smallest absolute Gasteiger partial charge is 0.230 e. The van der Waals surface area contributed by atoms with Crippen LogP contribution in [0.2, 0.25) is 0 Å². The molecule has 0 aromatic carbocycles. The van der Waals surface area contributed by atoms with Gasteiger partial charge in [-0.25, -0.2) is 12.7 Å². The zero-order chi connectivity index (χ0) is 14.1. The Morgan fingerprint density at radius 1 is 1.32 bits per heavy atom. The lowest BCUT2D eigenvalue weighted by molar-refractivity contribution is -0.146. The van der Waals surface area contributed by atoms with Crippen molar-refractivity contribution in [1.82, 2.24) is 9.21 Å². The van der Waals surface area contributed by atoms with Crippen molar-refractivity contribution in [2.45, 2.75) is 19.3 Å². The third-order valence-electron chi connectivity index (χ3n) is 4.18. The minimum absolute atomic E-state index is 0.0990. The van der Waals surface area contributed by atoms with Crippen molar-refractivity contribution in [2.75, 3.05) is 46.2 Å². The molecule has 1 atom stereocenters. The van der Waals surface area contributed by atoms with E-state index in [0.717, 1.165) is 19.4 Å². The topological polar surface area (TPSA) is 66.9 Å². The van der Waals surface area contributed by atoms with E-state index in [4.69, 9.17) is 4.74 Å². The van der Waals surface area contributed by atoms with E-state index in [1.807, 2.05) is 4.90 Å². The van der Waals surface area contributed by atoms with Gasteiger partial charge in [0.25, 0.3) is 0 Å². The molecule has 0 saturated carbocycles. The van der Waals surface area contributed by atoms with Crippen LogP contribution in [0.3, 0.4) is 0 Å². The van der Waals surface area contributed by atoms with E-state index in [9.17, 15) is 13.2 Å². The second-order valence-electron chi connectivity index (χ2n) is 5.52.